The first-order valence-electron chi connectivity index (χ1n) is 6.22. The molecule has 0 radical (unpaired) electrons. The van der Waals surface area contributed by atoms with Crippen molar-refractivity contribution in [2.45, 2.75) is 13.0 Å². The largest absolute Gasteiger partial charge is 0.365 e. The van der Waals surface area contributed by atoms with Gasteiger partial charge in [-0.3, -0.25) is 4.79 Å². The van der Waals surface area contributed by atoms with Crippen LogP contribution in [0.25, 0.3) is 0 Å². The van der Waals surface area contributed by atoms with Gasteiger partial charge in [0.25, 0.3) is 5.91 Å². The lowest BCUT2D eigenvalue weighted by Gasteiger charge is -2.35. The van der Waals surface area contributed by atoms with Crippen molar-refractivity contribution in [2.75, 3.05) is 31.1 Å². The normalized spacial score (nSPS) is 18.7. The summed E-state index contributed by atoms with van der Waals surface area (Å²) in [6, 6.07) is 6.39. The fourth-order valence-corrected chi connectivity index (χ4v) is 2.34. The van der Waals surface area contributed by atoms with E-state index in [2.05, 4.69) is 4.90 Å². The van der Waals surface area contributed by atoms with E-state index in [4.69, 9.17) is 5.73 Å². The zero-order chi connectivity index (χ0) is 13.1. The van der Waals surface area contributed by atoms with Crippen LogP contribution in [0.5, 0.6) is 0 Å². The number of hydrogen-bond acceptors (Lipinski definition) is 2. The Morgan fingerprint density at radius 3 is 2.39 bits per heavy atom. The number of nitrogens with zero attached hydrogens (tertiary/aromatic N) is 1. The maximum absolute atomic E-state index is 12.8. The third kappa shape index (κ3) is 2.79. The number of halogens is 1. The molecule has 0 unspecified atom stereocenters. The van der Waals surface area contributed by atoms with Crippen LogP contribution in [0, 0.1) is 5.82 Å². The third-order valence-corrected chi connectivity index (χ3v) is 3.64. The standard InChI is InChI=1S/C13H18FN3O/c1-10(13(15)18)16-6-8-17(9-7-16)12-4-2-11(14)3-5-12/h2-5,10H,6-9H2,1H3,(H2,15,18)/p+1/t10-/m1/s1. The quantitative estimate of drug-likeness (QED) is 0.755. The molecule has 0 bridgehead atoms. The second-order valence-corrected chi connectivity index (χ2v) is 4.75. The van der Waals surface area contributed by atoms with Crippen molar-refractivity contribution in [3.63, 3.8) is 0 Å². The molecule has 3 N–H and O–H groups in total. The second kappa shape index (κ2) is 5.35. The van der Waals surface area contributed by atoms with Gasteiger partial charge in [0.1, 0.15) is 5.82 Å². The highest BCUT2D eigenvalue weighted by Gasteiger charge is 2.27. The van der Waals surface area contributed by atoms with Gasteiger partial charge in [-0.1, -0.05) is 0 Å². The smallest absolute Gasteiger partial charge is 0.275 e. The number of rotatable bonds is 3. The van der Waals surface area contributed by atoms with Crippen molar-refractivity contribution < 1.29 is 14.1 Å². The number of benzene rings is 1. The molecule has 1 saturated heterocycles. The summed E-state index contributed by atoms with van der Waals surface area (Å²) in [5.74, 6) is -0.467. The van der Waals surface area contributed by atoms with Crippen LogP contribution in [0.15, 0.2) is 24.3 Å². The fourth-order valence-electron chi connectivity index (χ4n) is 2.34. The zero-order valence-corrected chi connectivity index (χ0v) is 10.5. The SMILES string of the molecule is C[C@H](C(N)=O)[NH+]1CCN(c2ccc(F)cc2)CC1. The lowest BCUT2D eigenvalue weighted by molar-refractivity contribution is -0.914. The molecule has 0 spiro atoms. The number of piperazine rings is 1. The molecule has 4 nitrogen and oxygen atoms in total. The molecule has 0 aromatic heterocycles. The highest BCUT2D eigenvalue weighted by atomic mass is 19.1. The molecule has 2 rings (SSSR count). The molecule has 5 heteroatoms. The minimum atomic E-state index is -0.250. The zero-order valence-electron chi connectivity index (χ0n) is 10.5. The maximum Gasteiger partial charge on any atom is 0.275 e. The number of nitrogens with one attached hydrogen (secondary N) is 1. The summed E-state index contributed by atoms with van der Waals surface area (Å²) in [5, 5.41) is 0. The summed E-state index contributed by atoms with van der Waals surface area (Å²) in [5.41, 5.74) is 6.34. The van der Waals surface area contributed by atoms with Crippen LogP contribution in [-0.2, 0) is 4.79 Å². The van der Waals surface area contributed by atoms with Gasteiger partial charge >= 0.3 is 0 Å². The number of hydrogen-bond donors (Lipinski definition) is 2. The van der Waals surface area contributed by atoms with E-state index >= 15 is 0 Å². The van der Waals surface area contributed by atoms with Crippen molar-refractivity contribution >= 4 is 11.6 Å². The van der Waals surface area contributed by atoms with E-state index in [0.29, 0.717) is 0 Å². The average molecular weight is 252 g/mol. The minimum Gasteiger partial charge on any atom is -0.365 e. The van der Waals surface area contributed by atoms with Crippen LogP contribution in [0.4, 0.5) is 10.1 Å². The summed E-state index contributed by atoms with van der Waals surface area (Å²) in [4.78, 5) is 14.6. The topological polar surface area (TPSA) is 50.8 Å². The Labute approximate surface area is 106 Å². The lowest BCUT2D eigenvalue weighted by atomic mass is 10.2. The summed E-state index contributed by atoms with van der Waals surface area (Å²) < 4.78 is 12.8. The Kier molecular flexibility index (Phi) is 3.81. The Bertz CT molecular complexity index is 413. The number of primary amides is 1. The van der Waals surface area contributed by atoms with Crippen LogP contribution in [-0.4, -0.2) is 38.1 Å². The van der Waals surface area contributed by atoms with Gasteiger partial charge in [-0.05, 0) is 31.2 Å². The van der Waals surface area contributed by atoms with Crippen LogP contribution in [0.3, 0.4) is 0 Å². The Morgan fingerprint density at radius 2 is 1.89 bits per heavy atom. The monoisotopic (exact) mass is 252 g/mol. The molecule has 1 aromatic rings. The molecule has 1 amide bonds. The van der Waals surface area contributed by atoms with E-state index in [1.807, 2.05) is 6.92 Å². The maximum atomic E-state index is 12.8. The van der Waals surface area contributed by atoms with Crippen molar-refractivity contribution in [1.82, 2.24) is 0 Å². The van der Waals surface area contributed by atoms with Crippen LogP contribution in [0.1, 0.15) is 6.92 Å². The van der Waals surface area contributed by atoms with Crippen LogP contribution in [0.2, 0.25) is 0 Å². The van der Waals surface area contributed by atoms with E-state index in [0.717, 1.165) is 31.9 Å². The number of nitrogens with two attached hydrogens (primary N) is 1. The predicted molar refractivity (Wildman–Crippen MR) is 68.0 cm³/mol. The number of carbonyl (C=O) groups is 1. The summed E-state index contributed by atoms with van der Waals surface area (Å²) in [6.45, 7) is 5.34. The first kappa shape index (κ1) is 12.8. The first-order chi connectivity index (χ1) is 8.58. The molecular formula is C13H19FN3O+. The molecular weight excluding hydrogens is 233 g/mol. The Morgan fingerprint density at radius 1 is 1.33 bits per heavy atom. The highest BCUT2D eigenvalue weighted by molar-refractivity contribution is 5.77. The molecule has 1 aromatic carbocycles. The summed E-state index contributed by atoms with van der Waals surface area (Å²) >= 11 is 0. The van der Waals surface area contributed by atoms with Crippen LogP contribution >= 0.6 is 0 Å². The Balaban J connectivity index is 1.94. The molecule has 1 heterocycles. The van der Waals surface area contributed by atoms with Gasteiger partial charge in [0, 0.05) is 5.69 Å². The first-order valence-corrected chi connectivity index (χ1v) is 6.22. The van der Waals surface area contributed by atoms with Crippen LogP contribution < -0.4 is 15.5 Å². The van der Waals surface area contributed by atoms with E-state index in [1.165, 1.54) is 17.0 Å². The molecule has 1 aliphatic rings. The molecule has 0 saturated carbocycles. The van der Waals surface area contributed by atoms with Gasteiger partial charge in [-0.25, -0.2) is 4.39 Å². The second-order valence-electron chi connectivity index (χ2n) is 4.75. The van der Waals surface area contributed by atoms with Crippen molar-refractivity contribution in [2.24, 2.45) is 5.73 Å². The number of anilines is 1. The van der Waals surface area contributed by atoms with Gasteiger partial charge in [-0.15, -0.1) is 0 Å². The predicted octanol–water partition coefficient (Wildman–Crippen LogP) is -0.596. The third-order valence-electron chi connectivity index (χ3n) is 3.64. The van der Waals surface area contributed by atoms with E-state index in [-0.39, 0.29) is 17.8 Å². The summed E-state index contributed by atoms with van der Waals surface area (Å²) in [7, 11) is 0. The number of amides is 1. The highest BCUT2D eigenvalue weighted by Crippen LogP contribution is 2.14. The average Bonchev–Trinajstić information content (AvgIpc) is 2.39. The van der Waals surface area contributed by atoms with E-state index in [9.17, 15) is 9.18 Å². The fraction of sp³-hybridized carbons (Fsp3) is 0.462. The lowest BCUT2D eigenvalue weighted by Crippen LogP contribution is -3.19. The van der Waals surface area contributed by atoms with Gasteiger partial charge in [0.15, 0.2) is 6.04 Å². The molecule has 98 valence electrons. The minimum absolute atomic E-state index is 0.139. The molecule has 18 heavy (non-hydrogen) atoms. The molecule has 1 fully saturated rings. The molecule has 0 aliphatic carbocycles. The van der Waals surface area contributed by atoms with E-state index < -0.39 is 0 Å². The van der Waals surface area contributed by atoms with Gasteiger partial charge in [-0.2, -0.15) is 0 Å². The van der Waals surface area contributed by atoms with E-state index in [1.54, 1.807) is 12.1 Å². The van der Waals surface area contributed by atoms with Crippen molar-refractivity contribution in [1.29, 1.82) is 0 Å². The number of quaternary nitrogens is 1. The van der Waals surface area contributed by atoms with Gasteiger partial charge in [0.2, 0.25) is 0 Å². The molecule has 1 aliphatic heterocycles. The summed E-state index contributed by atoms with van der Waals surface area (Å²) in [6.07, 6.45) is 0. The Hall–Kier alpha value is -1.62. The van der Waals surface area contributed by atoms with Gasteiger partial charge in [0.05, 0.1) is 26.2 Å². The van der Waals surface area contributed by atoms with Crippen molar-refractivity contribution in [3.05, 3.63) is 30.1 Å². The number of carbonyl (C=O) groups excluding carboxylic acids is 1. The molecule has 1 atom stereocenters. The van der Waals surface area contributed by atoms with Crippen molar-refractivity contribution in [3.8, 4) is 0 Å². The van der Waals surface area contributed by atoms with Gasteiger partial charge < -0.3 is 15.5 Å².